The van der Waals surface area contributed by atoms with Crippen molar-refractivity contribution in [1.29, 1.82) is 0 Å². The van der Waals surface area contributed by atoms with E-state index in [0.29, 0.717) is 17.2 Å². The van der Waals surface area contributed by atoms with Gasteiger partial charge in [0.2, 0.25) is 0 Å². The molecule has 118 valence electrons. The fraction of sp³-hybridized carbons (Fsp3) is 0.235. The van der Waals surface area contributed by atoms with Gasteiger partial charge in [0.15, 0.2) is 18.1 Å². The summed E-state index contributed by atoms with van der Waals surface area (Å²) in [4.78, 5) is 16.4. The van der Waals surface area contributed by atoms with Crippen molar-refractivity contribution in [1.82, 2.24) is 15.2 Å². The fourth-order valence-corrected chi connectivity index (χ4v) is 2.22. The van der Waals surface area contributed by atoms with Crippen LogP contribution in [0.4, 0.5) is 5.82 Å². The van der Waals surface area contributed by atoms with E-state index in [9.17, 15) is 4.79 Å². The van der Waals surface area contributed by atoms with Crippen LogP contribution in [0.2, 0.25) is 0 Å². The standard InChI is InChI=1S/C17H18N4O2/c1-10-4-6-13(8-11(10)2)23-9-15(22)19-17-14-7-5-12(3)18-16(14)20-21-17/h4-8H,9H2,1-3H3,(H2,18,19,20,21,22). The van der Waals surface area contributed by atoms with E-state index in [4.69, 9.17) is 4.74 Å². The number of hydrogen-bond donors (Lipinski definition) is 2. The van der Waals surface area contributed by atoms with Crippen LogP contribution in [0.15, 0.2) is 30.3 Å². The summed E-state index contributed by atoms with van der Waals surface area (Å²) >= 11 is 0. The highest BCUT2D eigenvalue weighted by molar-refractivity contribution is 5.99. The highest BCUT2D eigenvalue weighted by atomic mass is 16.5. The molecule has 2 N–H and O–H groups in total. The van der Waals surface area contributed by atoms with E-state index >= 15 is 0 Å². The lowest BCUT2D eigenvalue weighted by atomic mass is 10.1. The van der Waals surface area contributed by atoms with Crippen LogP contribution in [0, 0.1) is 20.8 Å². The summed E-state index contributed by atoms with van der Waals surface area (Å²) in [6, 6.07) is 9.49. The Hall–Kier alpha value is -2.89. The molecule has 0 unspecified atom stereocenters. The summed E-state index contributed by atoms with van der Waals surface area (Å²) in [5.41, 5.74) is 3.85. The molecule has 23 heavy (non-hydrogen) atoms. The largest absolute Gasteiger partial charge is 0.484 e. The second kappa shape index (κ2) is 6.08. The van der Waals surface area contributed by atoms with Crippen LogP contribution in [-0.2, 0) is 4.79 Å². The Bertz CT molecular complexity index is 870. The quantitative estimate of drug-likeness (QED) is 0.776. The SMILES string of the molecule is Cc1ccc2c(NC(=O)COc3ccc(C)c(C)c3)n[nH]c2n1. The number of carbonyl (C=O) groups is 1. The maximum atomic E-state index is 12.0. The molecular formula is C17H18N4O2. The van der Waals surface area contributed by atoms with Crippen LogP contribution in [-0.4, -0.2) is 27.7 Å². The molecule has 2 aromatic heterocycles. The fourth-order valence-electron chi connectivity index (χ4n) is 2.22. The molecule has 2 heterocycles. The van der Waals surface area contributed by atoms with Crippen molar-refractivity contribution in [3.8, 4) is 5.75 Å². The molecule has 3 rings (SSSR count). The van der Waals surface area contributed by atoms with Gasteiger partial charge in [-0.3, -0.25) is 9.89 Å². The minimum atomic E-state index is -0.266. The van der Waals surface area contributed by atoms with Crippen molar-refractivity contribution in [2.24, 2.45) is 0 Å². The zero-order valence-electron chi connectivity index (χ0n) is 13.3. The molecule has 0 spiro atoms. The molecule has 0 aliphatic carbocycles. The zero-order valence-corrected chi connectivity index (χ0v) is 13.3. The van der Waals surface area contributed by atoms with Crippen molar-refractivity contribution in [3.05, 3.63) is 47.2 Å². The van der Waals surface area contributed by atoms with E-state index in [1.54, 1.807) is 0 Å². The molecular weight excluding hydrogens is 292 g/mol. The van der Waals surface area contributed by atoms with Gasteiger partial charge < -0.3 is 10.1 Å². The number of hydrogen-bond acceptors (Lipinski definition) is 4. The lowest BCUT2D eigenvalue weighted by molar-refractivity contribution is -0.118. The third-order valence-electron chi connectivity index (χ3n) is 3.67. The lowest BCUT2D eigenvalue weighted by Gasteiger charge is -2.08. The number of aromatic amines is 1. The third-order valence-corrected chi connectivity index (χ3v) is 3.67. The Morgan fingerprint density at radius 2 is 2.00 bits per heavy atom. The molecule has 0 saturated heterocycles. The van der Waals surface area contributed by atoms with Crippen LogP contribution in [0.3, 0.4) is 0 Å². The molecule has 0 bridgehead atoms. The minimum absolute atomic E-state index is 0.0733. The van der Waals surface area contributed by atoms with Gasteiger partial charge in [-0.1, -0.05) is 6.07 Å². The maximum absolute atomic E-state index is 12.0. The first-order valence-electron chi connectivity index (χ1n) is 7.34. The topological polar surface area (TPSA) is 79.9 Å². The second-order valence-corrected chi connectivity index (χ2v) is 5.50. The van der Waals surface area contributed by atoms with Gasteiger partial charge in [-0.25, -0.2) is 4.98 Å². The predicted molar refractivity (Wildman–Crippen MR) is 88.7 cm³/mol. The molecule has 0 saturated carbocycles. The highest BCUT2D eigenvalue weighted by Gasteiger charge is 2.11. The van der Waals surface area contributed by atoms with E-state index in [-0.39, 0.29) is 12.5 Å². The number of ether oxygens (including phenoxy) is 1. The number of rotatable bonds is 4. The molecule has 0 atom stereocenters. The second-order valence-electron chi connectivity index (χ2n) is 5.50. The maximum Gasteiger partial charge on any atom is 0.263 e. The van der Waals surface area contributed by atoms with Gasteiger partial charge >= 0.3 is 0 Å². The smallest absolute Gasteiger partial charge is 0.263 e. The summed E-state index contributed by atoms with van der Waals surface area (Å²) in [6.07, 6.45) is 0. The monoisotopic (exact) mass is 310 g/mol. The number of amides is 1. The number of nitrogens with zero attached hydrogens (tertiary/aromatic N) is 2. The van der Waals surface area contributed by atoms with Crippen LogP contribution < -0.4 is 10.1 Å². The van der Waals surface area contributed by atoms with Gasteiger partial charge in [0.05, 0.1) is 5.39 Å². The third kappa shape index (κ3) is 3.31. The molecule has 6 heteroatoms. The Morgan fingerprint density at radius 1 is 1.17 bits per heavy atom. The molecule has 3 aromatic rings. The Balaban J connectivity index is 1.65. The summed E-state index contributed by atoms with van der Waals surface area (Å²) in [5, 5.41) is 10.4. The van der Waals surface area contributed by atoms with E-state index in [2.05, 4.69) is 20.5 Å². The molecule has 0 fully saturated rings. The number of pyridine rings is 1. The number of nitrogens with one attached hydrogen (secondary N) is 2. The normalized spacial score (nSPS) is 10.7. The number of carbonyl (C=O) groups excluding carboxylic acids is 1. The van der Waals surface area contributed by atoms with Gasteiger partial charge in [-0.15, -0.1) is 0 Å². The molecule has 0 radical (unpaired) electrons. The summed E-state index contributed by atoms with van der Waals surface area (Å²) < 4.78 is 5.52. The average molecular weight is 310 g/mol. The first kappa shape index (κ1) is 15.0. The van der Waals surface area contributed by atoms with E-state index in [1.165, 1.54) is 5.56 Å². The summed E-state index contributed by atoms with van der Waals surface area (Å²) in [6.45, 7) is 5.86. The molecule has 6 nitrogen and oxygen atoms in total. The Morgan fingerprint density at radius 3 is 2.78 bits per heavy atom. The Kier molecular flexibility index (Phi) is 3.97. The molecule has 1 amide bonds. The van der Waals surface area contributed by atoms with Gasteiger partial charge in [-0.05, 0) is 56.2 Å². The molecule has 0 aliphatic heterocycles. The van der Waals surface area contributed by atoms with Gasteiger partial charge in [-0.2, -0.15) is 5.10 Å². The van der Waals surface area contributed by atoms with Crippen molar-refractivity contribution in [2.45, 2.75) is 20.8 Å². The van der Waals surface area contributed by atoms with E-state index in [1.807, 2.05) is 51.1 Å². The van der Waals surface area contributed by atoms with Crippen molar-refractivity contribution in [2.75, 3.05) is 11.9 Å². The van der Waals surface area contributed by atoms with E-state index in [0.717, 1.165) is 16.6 Å². The first-order chi connectivity index (χ1) is 11.0. The molecule has 1 aromatic carbocycles. The zero-order chi connectivity index (χ0) is 16.4. The number of benzene rings is 1. The van der Waals surface area contributed by atoms with Crippen LogP contribution in [0.5, 0.6) is 5.75 Å². The summed E-state index contributed by atoms with van der Waals surface area (Å²) in [5.74, 6) is 0.866. The number of aryl methyl sites for hydroxylation is 3. The van der Waals surface area contributed by atoms with Crippen LogP contribution in [0.1, 0.15) is 16.8 Å². The highest BCUT2D eigenvalue weighted by Crippen LogP contribution is 2.19. The number of H-pyrrole nitrogens is 1. The van der Waals surface area contributed by atoms with Crippen LogP contribution >= 0.6 is 0 Å². The molecule has 0 aliphatic rings. The number of fused-ring (bicyclic) bond motifs is 1. The van der Waals surface area contributed by atoms with Crippen LogP contribution in [0.25, 0.3) is 11.0 Å². The van der Waals surface area contributed by atoms with E-state index < -0.39 is 0 Å². The lowest BCUT2D eigenvalue weighted by Crippen LogP contribution is -2.20. The number of aromatic nitrogens is 3. The van der Waals surface area contributed by atoms with Crippen molar-refractivity contribution < 1.29 is 9.53 Å². The van der Waals surface area contributed by atoms with Crippen molar-refractivity contribution in [3.63, 3.8) is 0 Å². The van der Waals surface area contributed by atoms with Crippen molar-refractivity contribution >= 4 is 22.8 Å². The Labute approximate surface area is 133 Å². The van der Waals surface area contributed by atoms with Gasteiger partial charge in [0.25, 0.3) is 5.91 Å². The van der Waals surface area contributed by atoms with Gasteiger partial charge in [0.1, 0.15) is 5.75 Å². The predicted octanol–water partition coefficient (Wildman–Crippen LogP) is 2.90. The van der Waals surface area contributed by atoms with Gasteiger partial charge in [0, 0.05) is 5.69 Å². The summed E-state index contributed by atoms with van der Waals surface area (Å²) in [7, 11) is 0. The number of anilines is 1. The average Bonchev–Trinajstić information content (AvgIpc) is 2.90. The first-order valence-corrected chi connectivity index (χ1v) is 7.34. The minimum Gasteiger partial charge on any atom is -0.484 e.